The van der Waals surface area contributed by atoms with Gasteiger partial charge in [0, 0.05) is 70.5 Å². The van der Waals surface area contributed by atoms with Gasteiger partial charge in [-0.2, -0.15) is 0 Å². The molecule has 0 unspecified atom stereocenters. The van der Waals surface area contributed by atoms with Crippen molar-refractivity contribution in [2.24, 2.45) is 14.1 Å². The van der Waals surface area contributed by atoms with Crippen LogP contribution in [-0.2, 0) is 27.2 Å². The predicted octanol–water partition coefficient (Wildman–Crippen LogP) is 5.56. The van der Waals surface area contributed by atoms with E-state index in [-0.39, 0.29) is 16.3 Å². The lowest BCUT2D eigenvalue weighted by molar-refractivity contribution is 0.572. The van der Waals surface area contributed by atoms with Crippen molar-refractivity contribution < 1.29 is 0 Å². The zero-order valence-electron chi connectivity index (χ0n) is 29.7. The number of aryl methyl sites for hydroxylation is 4. The Balaban J connectivity index is 1.43. The summed E-state index contributed by atoms with van der Waals surface area (Å²) in [4.78, 5) is 28.4. The first-order valence-corrected chi connectivity index (χ1v) is 17.6. The number of hydrogen-bond donors (Lipinski definition) is 0. The molecule has 6 nitrogen and oxygen atoms in total. The van der Waals surface area contributed by atoms with Crippen LogP contribution in [0, 0.1) is 13.8 Å². The van der Waals surface area contributed by atoms with Crippen molar-refractivity contribution in [3.05, 3.63) is 137 Å². The van der Waals surface area contributed by atoms with Crippen molar-refractivity contribution >= 4 is 67.7 Å². The SMILES string of the molecule is C=c1n(CC)c(=O)c(=C2/C(=C/C=c3\c4cccc5c(C)ccc(c54)n3C)CC/C2=C\C=c2/c3cccc4c(C)ccc(c43)n2C)c(=O)n1CC. The second-order valence-electron chi connectivity index (χ2n) is 13.6. The molecule has 0 aliphatic heterocycles. The number of nitrogens with zero attached hydrogens (tertiary/aromatic N) is 4. The molecule has 4 aromatic carbocycles. The van der Waals surface area contributed by atoms with E-state index in [9.17, 15) is 9.59 Å². The van der Waals surface area contributed by atoms with Crippen molar-refractivity contribution in [1.29, 1.82) is 0 Å². The van der Waals surface area contributed by atoms with Crippen LogP contribution in [-0.4, -0.2) is 18.3 Å². The normalized spacial score (nSPS) is 16.3. The van der Waals surface area contributed by atoms with Crippen LogP contribution in [0.15, 0.2) is 93.6 Å². The van der Waals surface area contributed by atoms with E-state index < -0.39 is 0 Å². The van der Waals surface area contributed by atoms with Crippen molar-refractivity contribution in [3.8, 4) is 0 Å². The molecule has 0 amide bonds. The molecular weight excluding hydrogens is 617 g/mol. The zero-order chi connectivity index (χ0) is 35.0. The first-order chi connectivity index (χ1) is 24.2. The Morgan fingerprint density at radius 1 is 0.620 bits per heavy atom. The average molecular weight is 659 g/mol. The molecule has 3 aromatic heterocycles. The Labute approximate surface area is 290 Å². The summed E-state index contributed by atoms with van der Waals surface area (Å²) in [6.07, 6.45) is 10.1. The van der Waals surface area contributed by atoms with Crippen molar-refractivity contribution in [1.82, 2.24) is 18.3 Å². The van der Waals surface area contributed by atoms with Gasteiger partial charge in [-0.25, -0.2) is 0 Å². The van der Waals surface area contributed by atoms with E-state index >= 15 is 0 Å². The highest BCUT2D eigenvalue weighted by Gasteiger charge is 2.24. The van der Waals surface area contributed by atoms with Gasteiger partial charge >= 0.3 is 0 Å². The van der Waals surface area contributed by atoms with Gasteiger partial charge in [0.25, 0.3) is 11.1 Å². The molecule has 0 spiro atoms. The minimum atomic E-state index is -0.280. The molecule has 0 radical (unpaired) electrons. The highest BCUT2D eigenvalue weighted by molar-refractivity contribution is 6.12. The maximum absolute atomic E-state index is 14.2. The van der Waals surface area contributed by atoms with Crippen LogP contribution in [0.5, 0.6) is 0 Å². The average Bonchev–Trinajstić information content (AvgIpc) is 3.72. The van der Waals surface area contributed by atoms with E-state index in [2.05, 4.69) is 129 Å². The fourth-order valence-corrected chi connectivity index (χ4v) is 8.42. The van der Waals surface area contributed by atoms with Crippen molar-refractivity contribution in [3.63, 3.8) is 0 Å². The number of hydrogen-bond acceptors (Lipinski definition) is 2. The van der Waals surface area contributed by atoms with Gasteiger partial charge in [-0.05, 0) is 103 Å². The first-order valence-electron chi connectivity index (χ1n) is 17.6. The molecule has 1 aliphatic rings. The van der Waals surface area contributed by atoms with Crippen LogP contribution in [0.3, 0.4) is 0 Å². The molecule has 250 valence electrons. The summed E-state index contributed by atoms with van der Waals surface area (Å²) in [6, 6.07) is 21.7. The summed E-state index contributed by atoms with van der Waals surface area (Å²) in [5.74, 6) is 0. The molecule has 1 aliphatic carbocycles. The second-order valence-corrected chi connectivity index (χ2v) is 13.6. The molecule has 50 heavy (non-hydrogen) atoms. The van der Waals surface area contributed by atoms with Gasteiger partial charge < -0.3 is 9.13 Å². The fraction of sp³-hybridized carbons (Fsp3) is 0.227. The minimum absolute atomic E-state index is 0.231. The van der Waals surface area contributed by atoms with E-state index in [0.29, 0.717) is 18.6 Å². The summed E-state index contributed by atoms with van der Waals surface area (Å²) in [5, 5.41) is 9.85. The van der Waals surface area contributed by atoms with Crippen LogP contribution >= 0.6 is 0 Å². The molecule has 1 saturated carbocycles. The Kier molecular flexibility index (Phi) is 7.44. The van der Waals surface area contributed by atoms with E-state index in [1.165, 1.54) is 54.5 Å². The van der Waals surface area contributed by atoms with Gasteiger partial charge in [0.1, 0.15) is 10.7 Å². The summed E-state index contributed by atoms with van der Waals surface area (Å²) < 4.78 is 7.75. The van der Waals surface area contributed by atoms with Crippen molar-refractivity contribution in [2.45, 2.75) is 53.6 Å². The van der Waals surface area contributed by atoms with Crippen molar-refractivity contribution in [2.75, 3.05) is 0 Å². The van der Waals surface area contributed by atoms with Crippen LogP contribution in [0.1, 0.15) is 37.8 Å². The van der Waals surface area contributed by atoms with Crippen LogP contribution in [0.25, 0.3) is 67.7 Å². The minimum Gasteiger partial charge on any atom is -0.344 e. The molecule has 6 heteroatoms. The highest BCUT2D eigenvalue weighted by atomic mass is 16.1. The van der Waals surface area contributed by atoms with E-state index in [4.69, 9.17) is 0 Å². The molecule has 8 rings (SSSR count). The van der Waals surface area contributed by atoms with E-state index in [0.717, 1.165) is 40.3 Å². The number of benzene rings is 4. The lowest BCUT2D eigenvalue weighted by Crippen LogP contribution is -2.58. The van der Waals surface area contributed by atoms with Gasteiger partial charge in [0.15, 0.2) is 0 Å². The van der Waals surface area contributed by atoms with Gasteiger partial charge in [-0.3, -0.25) is 18.7 Å². The second kappa shape index (κ2) is 11.8. The molecule has 1 fully saturated rings. The Morgan fingerprint density at radius 2 is 1.04 bits per heavy atom. The Hall–Kier alpha value is -5.62. The summed E-state index contributed by atoms with van der Waals surface area (Å²) in [5.41, 5.74) is 7.49. The van der Waals surface area contributed by atoms with E-state index in [1.807, 2.05) is 13.8 Å². The first kappa shape index (κ1) is 31.6. The Morgan fingerprint density at radius 3 is 1.46 bits per heavy atom. The highest BCUT2D eigenvalue weighted by Crippen LogP contribution is 2.36. The van der Waals surface area contributed by atoms with Crippen LogP contribution in [0.2, 0.25) is 0 Å². The number of rotatable bonds is 4. The third-order valence-corrected chi connectivity index (χ3v) is 11.1. The van der Waals surface area contributed by atoms with Gasteiger partial charge in [0.2, 0.25) is 0 Å². The summed E-state index contributed by atoms with van der Waals surface area (Å²) >= 11 is 0. The monoisotopic (exact) mass is 658 g/mol. The summed E-state index contributed by atoms with van der Waals surface area (Å²) in [6.45, 7) is 13.2. The number of allylic oxidation sites excluding steroid dienone is 4. The molecule has 0 saturated heterocycles. The molecule has 7 aromatic rings. The van der Waals surface area contributed by atoms with Crippen LogP contribution < -0.4 is 32.5 Å². The fourth-order valence-electron chi connectivity index (χ4n) is 8.42. The lowest BCUT2D eigenvalue weighted by atomic mass is 10.0. The summed E-state index contributed by atoms with van der Waals surface area (Å²) in [7, 11) is 4.21. The largest absolute Gasteiger partial charge is 0.344 e. The molecule has 0 bridgehead atoms. The lowest BCUT2D eigenvalue weighted by Gasteiger charge is -2.11. The third kappa shape index (κ3) is 4.47. The quantitative estimate of drug-likeness (QED) is 0.249. The third-order valence-electron chi connectivity index (χ3n) is 11.1. The molecule has 3 heterocycles. The maximum atomic E-state index is 14.2. The van der Waals surface area contributed by atoms with Gasteiger partial charge in [0.05, 0.1) is 0 Å². The van der Waals surface area contributed by atoms with Gasteiger partial charge in [-0.15, -0.1) is 0 Å². The molecule has 0 N–H and O–H groups in total. The molecule has 0 atom stereocenters. The standard InChI is InChI=1S/C44H42N4O2/c1-8-47-28(5)48(9-2)44(50)42(43(47)49)39-29(20-24-35-33-14-10-12-31-26(3)16-22-37(40(31)33)45(35)6)18-19-30(39)21-25-36-34-15-11-13-32-27(4)17-23-38(41(32)34)46(36)7/h10-17,20-25H,5,8-9,18-19H2,1-4,6-7H3/b29-20+,30-21+,35-24+,36-25+. The smallest absolute Gasteiger partial charge is 0.265 e. The molecular formula is C44H42N4O2. The maximum Gasteiger partial charge on any atom is 0.265 e. The van der Waals surface area contributed by atoms with Crippen LogP contribution in [0.4, 0.5) is 0 Å². The zero-order valence-corrected chi connectivity index (χ0v) is 29.7. The predicted molar refractivity (Wildman–Crippen MR) is 210 cm³/mol. The topological polar surface area (TPSA) is 53.9 Å². The van der Waals surface area contributed by atoms with Gasteiger partial charge in [-0.1, -0.05) is 67.3 Å². The number of aromatic nitrogens is 4. The van der Waals surface area contributed by atoms with E-state index in [1.54, 1.807) is 9.13 Å². The Bertz CT molecular complexity index is 2800.